The van der Waals surface area contributed by atoms with Crippen LogP contribution in [0.2, 0.25) is 0 Å². The Balaban J connectivity index is 2.40. The van der Waals surface area contributed by atoms with E-state index in [9.17, 15) is 14.7 Å². The molecule has 1 amide bonds. The van der Waals surface area contributed by atoms with Crippen LogP contribution >= 0.6 is 0 Å². The molecule has 0 spiro atoms. The molecule has 2 aliphatic carbocycles. The van der Waals surface area contributed by atoms with Crippen LogP contribution in [-0.4, -0.2) is 34.0 Å². The maximum Gasteiger partial charge on any atom is 0.330 e. The number of amides is 1. The van der Waals surface area contributed by atoms with Crippen molar-refractivity contribution in [3.05, 3.63) is 0 Å². The lowest BCUT2D eigenvalue weighted by Crippen LogP contribution is -2.67. The van der Waals surface area contributed by atoms with Crippen LogP contribution in [0.5, 0.6) is 0 Å². The van der Waals surface area contributed by atoms with Gasteiger partial charge in [0, 0.05) is 6.04 Å². The highest BCUT2D eigenvalue weighted by molar-refractivity contribution is 5.83. The van der Waals surface area contributed by atoms with Gasteiger partial charge in [-0.25, -0.2) is 4.79 Å². The predicted molar refractivity (Wildman–Crippen MR) is 68.1 cm³/mol. The number of carbonyl (C=O) groups excluding carboxylic acids is 1. The Morgan fingerprint density at radius 3 is 1.83 bits per heavy atom. The minimum Gasteiger partial charge on any atom is -0.479 e. The van der Waals surface area contributed by atoms with Gasteiger partial charge in [0.25, 0.3) is 0 Å². The molecule has 0 aromatic rings. The van der Waals surface area contributed by atoms with E-state index in [4.69, 9.17) is 0 Å². The van der Waals surface area contributed by atoms with Gasteiger partial charge in [0.15, 0.2) is 0 Å². The van der Waals surface area contributed by atoms with Gasteiger partial charge in [0.05, 0.1) is 0 Å². The third-order valence-corrected chi connectivity index (χ3v) is 4.89. The van der Waals surface area contributed by atoms with Crippen LogP contribution in [0.4, 0.5) is 0 Å². The second-order valence-corrected chi connectivity index (χ2v) is 5.99. The lowest BCUT2D eigenvalue weighted by atomic mass is 9.58. The molecule has 1 N–H and O–H groups in total. The van der Waals surface area contributed by atoms with E-state index >= 15 is 0 Å². The van der Waals surface area contributed by atoms with Gasteiger partial charge in [-0.3, -0.25) is 4.79 Å². The molecule has 0 bridgehead atoms. The number of rotatable bonds is 6. The average molecular weight is 253 g/mol. The van der Waals surface area contributed by atoms with Crippen LogP contribution in [-0.2, 0) is 9.59 Å². The molecular formula is C14H23NO3. The van der Waals surface area contributed by atoms with Crippen LogP contribution in [0.25, 0.3) is 0 Å². The summed E-state index contributed by atoms with van der Waals surface area (Å²) in [5, 5.41) is 9.84. The molecule has 0 unspecified atom stereocenters. The normalized spacial score (nSPS) is 21.3. The molecule has 0 atom stereocenters. The van der Waals surface area contributed by atoms with Gasteiger partial charge >= 0.3 is 5.97 Å². The summed E-state index contributed by atoms with van der Waals surface area (Å²) in [5.41, 5.74) is -0.938. The van der Waals surface area contributed by atoms with Crippen LogP contribution in [0.1, 0.15) is 52.4 Å². The van der Waals surface area contributed by atoms with Crippen molar-refractivity contribution in [2.24, 2.45) is 11.8 Å². The van der Waals surface area contributed by atoms with E-state index in [1.807, 2.05) is 13.8 Å². The van der Waals surface area contributed by atoms with Gasteiger partial charge in [-0.1, -0.05) is 12.8 Å². The molecule has 4 nitrogen and oxygen atoms in total. The van der Waals surface area contributed by atoms with Crippen molar-refractivity contribution in [3.8, 4) is 0 Å². The van der Waals surface area contributed by atoms with Gasteiger partial charge < -0.3 is 10.0 Å². The molecule has 0 saturated heterocycles. The predicted octanol–water partition coefficient (Wildman–Crippen LogP) is 2.28. The second kappa shape index (κ2) is 4.90. The number of carbonyl (C=O) groups is 2. The van der Waals surface area contributed by atoms with Gasteiger partial charge in [-0.2, -0.15) is 0 Å². The van der Waals surface area contributed by atoms with E-state index in [0.717, 1.165) is 44.9 Å². The van der Waals surface area contributed by atoms with Gasteiger partial charge in [0.2, 0.25) is 6.41 Å². The Bertz CT molecular complexity index is 318. The molecule has 2 aliphatic rings. The zero-order chi connectivity index (χ0) is 13.3. The third-order valence-electron chi connectivity index (χ3n) is 4.89. The minimum atomic E-state index is -0.938. The molecule has 0 heterocycles. The molecule has 4 heteroatoms. The Kier molecular flexibility index (Phi) is 3.64. The van der Waals surface area contributed by atoms with E-state index in [1.165, 1.54) is 0 Å². The van der Waals surface area contributed by atoms with E-state index in [2.05, 4.69) is 0 Å². The Morgan fingerprint density at radius 2 is 1.67 bits per heavy atom. The fraction of sp³-hybridized carbons (Fsp3) is 0.857. The van der Waals surface area contributed by atoms with Crippen molar-refractivity contribution >= 4 is 12.4 Å². The monoisotopic (exact) mass is 253 g/mol. The fourth-order valence-electron chi connectivity index (χ4n) is 3.55. The molecular weight excluding hydrogens is 230 g/mol. The largest absolute Gasteiger partial charge is 0.479 e. The van der Waals surface area contributed by atoms with Crippen molar-refractivity contribution in [1.29, 1.82) is 0 Å². The van der Waals surface area contributed by atoms with Crippen LogP contribution in [0.15, 0.2) is 0 Å². The first kappa shape index (κ1) is 13.4. The Labute approximate surface area is 108 Å². The van der Waals surface area contributed by atoms with E-state index in [1.54, 1.807) is 4.90 Å². The van der Waals surface area contributed by atoms with E-state index in [0.29, 0.717) is 0 Å². The SMILES string of the molecule is CC(C)N(C=O)C(C(=O)O)(C1CCC1)C1CCC1. The Hall–Kier alpha value is -1.06. The number of hydrogen-bond acceptors (Lipinski definition) is 2. The molecule has 2 saturated carbocycles. The average Bonchev–Trinajstić information content (AvgIpc) is 2.11. The van der Waals surface area contributed by atoms with Crippen molar-refractivity contribution < 1.29 is 14.7 Å². The summed E-state index contributed by atoms with van der Waals surface area (Å²) in [7, 11) is 0. The second-order valence-electron chi connectivity index (χ2n) is 5.99. The third kappa shape index (κ3) is 1.73. The van der Waals surface area contributed by atoms with Crippen molar-refractivity contribution in [2.75, 3.05) is 0 Å². The fourth-order valence-corrected chi connectivity index (χ4v) is 3.55. The number of hydrogen-bond donors (Lipinski definition) is 1. The number of carboxylic acid groups (broad SMARTS) is 1. The van der Waals surface area contributed by atoms with Crippen molar-refractivity contribution in [3.63, 3.8) is 0 Å². The molecule has 0 aromatic carbocycles. The molecule has 2 fully saturated rings. The van der Waals surface area contributed by atoms with Crippen LogP contribution in [0.3, 0.4) is 0 Å². The van der Waals surface area contributed by atoms with Gasteiger partial charge in [-0.15, -0.1) is 0 Å². The van der Waals surface area contributed by atoms with Crippen molar-refractivity contribution in [1.82, 2.24) is 4.90 Å². The minimum absolute atomic E-state index is 0.0557. The summed E-state index contributed by atoms with van der Waals surface area (Å²) in [4.78, 5) is 25.0. The molecule has 0 aliphatic heterocycles. The highest BCUT2D eigenvalue weighted by Crippen LogP contribution is 2.50. The first-order chi connectivity index (χ1) is 8.55. The van der Waals surface area contributed by atoms with Gasteiger partial charge in [-0.05, 0) is 51.4 Å². The number of carboxylic acids is 1. The molecule has 2 rings (SSSR count). The highest BCUT2D eigenvalue weighted by atomic mass is 16.4. The van der Waals surface area contributed by atoms with E-state index < -0.39 is 11.5 Å². The first-order valence-electron chi connectivity index (χ1n) is 7.02. The first-order valence-corrected chi connectivity index (χ1v) is 7.02. The summed E-state index contributed by atoms with van der Waals surface area (Å²) in [5.74, 6) is -0.501. The zero-order valence-electron chi connectivity index (χ0n) is 11.3. The lowest BCUT2D eigenvalue weighted by Gasteiger charge is -2.55. The summed E-state index contributed by atoms with van der Waals surface area (Å²) >= 11 is 0. The standard InChI is InChI=1S/C14H23NO3/c1-10(2)15(9-16)14(13(17)18,11-5-3-6-11)12-7-4-8-12/h9-12H,3-8H2,1-2H3,(H,17,18). The quantitative estimate of drug-likeness (QED) is 0.739. The summed E-state index contributed by atoms with van der Waals surface area (Å²) in [6.45, 7) is 3.81. The molecule has 18 heavy (non-hydrogen) atoms. The van der Waals surface area contributed by atoms with Gasteiger partial charge in [0.1, 0.15) is 5.54 Å². The topological polar surface area (TPSA) is 57.6 Å². The molecule has 0 radical (unpaired) electrons. The highest BCUT2D eigenvalue weighted by Gasteiger charge is 2.59. The number of aliphatic carboxylic acids is 1. The Morgan fingerprint density at radius 1 is 1.22 bits per heavy atom. The maximum atomic E-state index is 12.0. The number of nitrogens with zero attached hydrogens (tertiary/aromatic N) is 1. The lowest BCUT2D eigenvalue weighted by molar-refractivity contribution is -0.176. The van der Waals surface area contributed by atoms with Crippen LogP contribution < -0.4 is 0 Å². The maximum absolute atomic E-state index is 12.0. The smallest absolute Gasteiger partial charge is 0.330 e. The summed E-state index contributed by atoms with van der Waals surface area (Å²) < 4.78 is 0. The summed E-state index contributed by atoms with van der Waals surface area (Å²) in [6, 6.07) is -0.0557. The summed E-state index contributed by atoms with van der Waals surface area (Å²) in [6.07, 6.45) is 6.73. The molecule has 0 aromatic heterocycles. The zero-order valence-corrected chi connectivity index (χ0v) is 11.3. The van der Waals surface area contributed by atoms with Crippen LogP contribution in [0, 0.1) is 11.8 Å². The molecule has 102 valence electrons. The van der Waals surface area contributed by atoms with Crippen molar-refractivity contribution in [2.45, 2.75) is 64.0 Å². The van der Waals surface area contributed by atoms with E-state index in [-0.39, 0.29) is 17.9 Å².